The molecule has 1 saturated carbocycles. The molecule has 4 rings (SSSR count). The van der Waals surface area contributed by atoms with Crippen molar-refractivity contribution in [1.82, 2.24) is 14.9 Å². The van der Waals surface area contributed by atoms with E-state index in [1.807, 2.05) is 49.4 Å². The van der Waals surface area contributed by atoms with E-state index in [-0.39, 0.29) is 23.3 Å². The minimum absolute atomic E-state index is 0.00130. The van der Waals surface area contributed by atoms with Crippen molar-refractivity contribution in [3.8, 4) is 5.75 Å². The van der Waals surface area contributed by atoms with Crippen LogP contribution in [0.5, 0.6) is 5.75 Å². The van der Waals surface area contributed by atoms with E-state index in [0.717, 1.165) is 30.6 Å². The highest BCUT2D eigenvalue weighted by Crippen LogP contribution is 2.41. The van der Waals surface area contributed by atoms with Gasteiger partial charge in [0.2, 0.25) is 5.91 Å². The van der Waals surface area contributed by atoms with Crippen LogP contribution in [0.1, 0.15) is 37.8 Å². The van der Waals surface area contributed by atoms with Gasteiger partial charge in [0.25, 0.3) is 5.56 Å². The van der Waals surface area contributed by atoms with Gasteiger partial charge in [0, 0.05) is 6.54 Å². The van der Waals surface area contributed by atoms with Gasteiger partial charge in [0.05, 0.1) is 29.8 Å². The number of benzene rings is 2. The number of rotatable bonds is 9. The number of amides is 1. The summed E-state index contributed by atoms with van der Waals surface area (Å²) in [4.78, 5) is 30.4. The molecule has 1 amide bonds. The predicted molar refractivity (Wildman–Crippen MR) is 124 cm³/mol. The van der Waals surface area contributed by atoms with Gasteiger partial charge >= 0.3 is 0 Å². The number of nitrogens with zero attached hydrogens (tertiary/aromatic N) is 2. The fourth-order valence-electron chi connectivity index (χ4n) is 3.74. The Morgan fingerprint density at radius 2 is 1.97 bits per heavy atom. The molecule has 1 aromatic heterocycles. The zero-order valence-electron chi connectivity index (χ0n) is 17.8. The van der Waals surface area contributed by atoms with Gasteiger partial charge in [-0.05, 0) is 55.0 Å². The van der Waals surface area contributed by atoms with Crippen molar-refractivity contribution in [1.29, 1.82) is 0 Å². The van der Waals surface area contributed by atoms with E-state index in [1.54, 1.807) is 17.7 Å². The summed E-state index contributed by atoms with van der Waals surface area (Å²) < 4.78 is 6.92. The number of hydrogen-bond donors (Lipinski definition) is 1. The van der Waals surface area contributed by atoms with Crippen molar-refractivity contribution >= 4 is 28.6 Å². The fourth-order valence-corrected chi connectivity index (χ4v) is 4.57. The van der Waals surface area contributed by atoms with Crippen LogP contribution >= 0.6 is 11.8 Å². The first-order valence-electron chi connectivity index (χ1n) is 10.7. The second-order valence-corrected chi connectivity index (χ2v) is 8.76. The molecule has 1 heterocycles. The van der Waals surface area contributed by atoms with Crippen LogP contribution < -0.4 is 15.6 Å². The quantitative estimate of drug-likeness (QED) is 0.402. The minimum atomic E-state index is -0.0526. The third-order valence-electron chi connectivity index (χ3n) is 5.49. The van der Waals surface area contributed by atoms with Crippen molar-refractivity contribution in [2.24, 2.45) is 5.92 Å². The number of ether oxygens (including phenoxy) is 1. The van der Waals surface area contributed by atoms with E-state index >= 15 is 0 Å². The van der Waals surface area contributed by atoms with Crippen LogP contribution in [0.4, 0.5) is 0 Å². The Morgan fingerprint density at radius 1 is 1.23 bits per heavy atom. The molecule has 6 nitrogen and oxygen atoms in total. The number of methoxy groups -OCH3 is 1. The van der Waals surface area contributed by atoms with Crippen molar-refractivity contribution in [2.45, 2.75) is 43.9 Å². The van der Waals surface area contributed by atoms with E-state index in [9.17, 15) is 9.59 Å². The molecule has 0 bridgehead atoms. The zero-order chi connectivity index (χ0) is 21.8. The fraction of sp³-hybridized carbons (Fsp3) is 0.375. The Morgan fingerprint density at radius 3 is 2.65 bits per heavy atom. The molecule has 0 aliphatic heterocycles. The number of carbonyl (C=O) groups is 1. The largest absolute Gasteiger partial charge is 0.497 e. The van der Waals surface area contributed by atoms with E-state index in [4.69, 9.17) is 4.74 Å². The van der Waals surface area contributed by atoms with Crippen LogP contribution in [-0.2, 0) is 11.3 Å². The van der Waals surface area contributed by atoms with Gasteiger partial charge < -0.3 is 10.1 Å². The van der Waals surface area contributed by atoms with Crippen LogP contribution in [0.2, 0.25) is 0 Å². The van der Waals surface area contributed by atoms with Crippen LogP contribution in [0.25, 0.3) is 10.9 Å². The average Bonchev–Trinajstić information content (AvgIpc) is 3.64. The second-order valence-electron chi connectivity index (χ2n) is 7.81. The van der Waals surface area contributed by atoms with Crippen molar-refractivity contribution in [2.75, 3.05) is 12.9 Å². The number of carbonyl (C=O) groups excluding carboxylic acids is 1. The lowest BCUT2D eigenvalue weighted by molar-refractivity contribution is -0.119. The van der Waals surface area contributed by atoms with E-state index < -0.39 is 0 Å². The Bertz CT molecular complexity index is 1120. The highest BCUT2D eigenvalue weighted by molar-refractivity contribution is 7.99. The Balaban J connectivity index is 1.49. The molecule has 0 radical (unpaired) electrons. The molecule has 0 spiro atoms. The second kappa shape index (κ2) is 9.56. The molecule has 1 aliphatic carbocycles. The molecular formula is C24H27N3O3S. The Kier molecular flexibility index (Phi) is 6.61. The number of fused-ring (bicyclic) bond motifs is 1. The molecule has 1 aliphatic rings. The van der Waals surface area contributed by atoms with Gasteiger partial charge in [-0.3, -0.25) is 14.2 Å². The molecule has 162 valence electrons. The van der Waals surface area contributed by atoms with Gasteiger partial charge in [-0.25, -0.2) is 4.98 Å². The van der Waals surface area contributed by atoms with Crippen LogP contribution in [0, 0.1) is 5.92 Å². The molecule has 3 aromatic rings. The van der Waals surface area contributed by atoms with Gasteiger partial charge in [0.1, 0.15) is 5.75 Å². The number of aromatic nitrogens is 2. The minimum Gasteiger partial charge on any atom is -0.497 e. The molecule has 1 unspecified atom stereocenters. The monoisotopic (exact) mass is 437 g/mol. The number of para-hydroxylation sites is 1. The van der Waals surface area contributed by atoms with Gasteiger partial charge in [-0.15, -0.1) is 0 Å². The summed E-state index contributed by atoms with van der Waals surface area (Å²) in [6.45, 7) is 2.61. The summed E-state index contributed by atoms with van der Waals surface area (Å²) in [5, 5.41) is 4.39. The normalized spacial score (nSPS) is 14.4. The maximum absolute atomic E-state index is 12.9. The number of nitrogens with one attached hydrogen (secondary N) is 1. The molecule has 2 aromatic carbocycles. The van der Waals surface area contributed by atoms with Gasteiger partial charge in [-0.1, -0.05) is 43.0 Å². The summed E-state index contributed by atoms with van der Waals surface area (Å²) in [6, 6.07) is 15.2. The first-order chi connectivity index (χ1) is 15.1. The topological polar surface area (TPSA) is 73.2 Å². The lowest BCUT2D eigenvalue weighted by atomic mass is 10.0. The maximum atomic E-state index is 12.9. The number of thioether (sulfide) groups is 1. The smallest absolute Gasteiger partial charge is 0.262 e. The van der Waals surface area contributed by atoms with E-state index in [1.165, 1.54) is 11.8 Å². The molecule has 1 fully saturated rings. The predicted octanol–water partition coefficient (Wildman–Crippen LogP) is 4.17. The van der Waals surface area contributed by atoms with Crippen molar-refractivity contribution in [3.05, 3.63) is 64.4 Å². The maximum Gasteiger partial charge on any atom is 0.262 e. The standard InChI is InChI=1S/C24H27N3O3S/c1-3-14-27-23(29)19-6-4-5-7-20(19)25-24(27)31-15-21(28)26-22(16-8-9-16)17-10-12-18(30-2)13-11-17/h4-7,10-13,16,22H,3,8-9,14-15H2,1-2H3,(H,26,28). The van der Waals surface area contributed by atoms with Gasteiger partial charge in [-0.2, -0.15) is 0 Å². The molecule has 7 heteroatoms. The molecular weight excluding hydrogens is 410 g/mol. The van der Waals surface area contributed by atoms with E-state index in [2.05, 4.69) is 10.3 Å². The van der Waals surface area contributed by atoms with Crippen LogP contribution in [0.15, 0.2) is 58.5 Å². The Hall–Kier alpha value is -2.80. The van der Waals surface area contributed by atoms with E-state index in [0.29, 0.717) is 28.5 Å². The van der Waals surface area contributed by atoms with Crippen molar-refractivity contribution in [3.63, 3.8) is 0 Å². The lowest BCUT2D eigenvalue weighted by Crippen LogP contribution is -2.31. The summed E-state index contributed by atoms with van der Waals surface area (Å²) in [5.74, 6) is 1.44. The van der Waals surface area contributed by atoms with Crippen molar-refractivity contribution < 1.29 is 9.53 Å². The lowest BCUT2D eigenvalue weighted by Gasteiger charge is -2.19. The van der Waals surface area contributed by atoms with Crippen LogP contribution in [-0.4, -0.2) is 28.3 Å². The third-order valence-corrected chi connectivity index (χ3v) is 6.47. The summed E-state index contributed by atoms with van der Waals surface area (Å²) in [7, 11) is 1.64. The summed E-state index contributed by atoms with van der Waals surface area (Å²) >= 11 is 1.32. The first kappa shape index (κ1) is 21.4. The third kappa shape index (κ3) is 4.93. The number of hydrogen-bond acceptors (Lipinski definition) is 5. The SMILES string of the molecule is CCCn1c(SCC(=O)NC(c2ccc(OC)cc2)C2CC2)nc2ccccc2c1=O. The van der Waals surface area contributed by atoms with Gasteiger partial charge in [0.15, 0.2) is 5.16 Å². The molecule has 31 heavy (non-hydrogen) atoms. The summed E-state index contributed by atoms with van der Waals surface area (Å²) in [5.41, 5.74) is 1.70. The first-order valence-corrected chi connectivity index (χ1v) is 11.6. The molecule has 1 N–H and O–H groups in total. The Labute approximate surface area is 186 Å². The van der Waals surface area contributed by atoms with Crippen LogP contribution in [0.3, 0.4) is 0 Å². The molecule has 1 atom stereocenters. The highest BCUT2D eigenvalue weighted by Gasteiger charge is 2.33. The zero-order valence-corrected chi connectivity index (χ0v) is 18.7. The summed E-state index contributed by atoms with van der Waals surface area (Å²) in [6.07, 6.45) is 3.06. The average molecular weight is 438 g/mol. The molecule has 0 saturated heterocycles. The highest BCUT2D eigenvalue weighted by atomic mass is 32.2.